The third kappa shape index (κ3) is 5.04. The number of benzene rings is 2. The molecule has 2 aliphatic rings. The van der Waals surface area contributed by atoms with Crippen LogP contribution in [0.1, 0.15) is 41.9 Å². The molecule has 0 aliphatic heterocycles. The molecule has 0 saturated heterocycles. The van der Waals surface area contributed by atoms with E-state index < -0.39 is 20.4 Å². The van der Waals surface area contributed by atoms with Gasteiger partial charge in [-0.1, -0.05) is 0 Å². The van der Waals surface area contributed by atoms with Crippen molar-refractivity contribution in [3.63, 3.8) is 0 Å². The van der Waals surface area contributed by atoms with Crippen LogP contribution < -0.4 is 0 Å². The van der Waals surface area contributed by atoms with Crippen molar-refractivity contribution in [2.24, 2.45) is 5.41 Å². The molecule has 0 heterocycles. The molecule has 158 valence electrons. The molecule has 30 heavy (non-hydrogen) atoms. The number of hydrogen-bond donors (Lipinski definition) is 0. The van der Waals surface area contributed by atoms with E-state index in [4.69, 9.17) is 0 Å². The van der Waals surface area contributed by atoms with E-state index in [1.165, 1.54) is 23.1 Å². The summed E-state index contributed by atoms with van der Waals surface area (Å²) in [5.74, 6) is 0. The predicted octanol–water partition coefficient (Wildman–Crippen LogP) is 8.39. The van der Waals surface area contributed by atoms with E-state index in [2.05, 4.69) is 107 Å². The smallest absolute Gasteiger partial charge is 0.147 e. The summed E-state index contributed by atoms with van der Waals surface area (Å²) in [7, 11) is 0. The van der Waals surface area contributed by atoms with Gasteiger partial charge in [0.25, 0.3) is 0 Å². The van der Waals surface area contributed by atoms with Crippen LogP contribution in [-0.2, 0) is 20.4 Å². The van der Waals surface area contributed by atoms with Gasteiger partial charge in [-0.05, 0) is 0 Å². The van der Waals surface area contributed by atoms with Gasteiger partial charge in [0, 0.05) is 0 Å². The Morgan fingerprint density at radius 3 is 2.20 bits per heavy atom. The summed E-state index contributed by atoms with van der Waals surface area (Å²) in [6.07, 6.45) is 11.2. The van der Waals surface area contributed by atoms with Crippen molar-refractivity contribution in [3.05, 3.63) is 86.7 Å². The van der Waals surface area contributed by atoms with Gasteiger partial charge in [-0.15, -0.1) is 24.8 Å². The summed E-state index contributed by atoms with van der Waals surface area (Å²) in [5.41, 5.74) is 7.46. The second-order valence-electron chi connectivity index (χ2n) is 9.24. The Morgan fingerprint density at radius 2 is 1.60 bits per heavy atom. The third-order valence-corrected chi connectivity index (χ3v) is 24.1. The molecular weight excluding hydrogens is 503 g/mol. The number of hydrogen-bond acceptors (Lipinski definition) is 0. The summed E-state index contributed by atoms with van der Waals surface area (Å²) < 4.78 is 2.56. The molecule has 0 radical (unpaired) electrons. The molecule has 2 aromatic rings. The molecule has 1 atom stereocenters. The molecule has 4 heteroatoms. The van der Waals surface area contributed by atoms with Crippen LogP contribution in [0.4, 0.5) is 0 Å². The molecule has 0 bridgehead atoms. The fourth-order valence-corrected chi connectivity index (χ4v) is 22.3. The third-order valence-electron chi connectivity index (χ3n) is 6.04. The Bertz CT molecular complexity index is 1040. The number of halogens is 2. The van der Waals surface area contributed by atoms with Crippen molar-refractivity contribution in [2.45, 2.75) is 43.9 Å². The van der Waals surface area contributed by atoms with Gasteiger partial charge in [0.1, 0.15) is 0 Å². The van der Waals surface area contributed by atoms with Gasteiger partial charge in [-0.2, -0.15) is 0 Å². The Hall–Kier alpha value is -0.660. The molecule has 1 unspecified atom stereocenters. The van der Waals surface area contributed by atoms with Gasteiger partial charge in [0.05, 0.1) is 0 Å². The fraction of sp³-hybridized carbons (Fsp3) is 0.308. The summed E-state index contributed by atoms with van der Waals surface area (Å²) in [4.78, 5) is 0. The summed E-state index contributed by atoms with van der Waals surface area (Å²) in [6, 6.07) is 17.9. The molecular formula is C26H32Cl2SiZr. The standard InChI is InChI=1S/C15H11.C9H13.C2H6Si.2ClH.Zr/c1-2-6-12(7-3-1)14-10-4-8-13-9-5-11-15(13)14;1-9(2,3)8-6-4-5-7-8;1-3-2;;;/h1-11H;4,6H,7H2,1-3H3;1-2H3;2*1H;. The van der Waals surface area contributed by atoms with E-state index in [1.807, 2.05) is 3.28 Å². The quantitative estimate of drug-likeness (QED) is 0.347. The van der Waals surface area contributed by atoms with Crippen LogP contribution in [-0.4, -0.2) is 5.43 Å². The molecule has 2 aromatic carbocycles. The Kier molecular flexibility index (Phi) is 8.79. The van der Waals surface area contributed by atoms with E-state index in [1.54, 1.807) is 11.1 Å². The zero-order valence-electron chi connectivity index (χ0n) is 18.5. The van der Waals surface area contributed by atoms with Gasteiger partial charge < -0.3 is 0 Å². The molecule has 0 nitrogen and oxygen atoms in total. The molecule has 0 saturated carbocycles. The van der Waals surface area contributed by atoms with E-state index in [9.17, 15) is 0 Å². The van der Waals surface area contributed by atoms with Crippen molar-refractivity contribution in [2.75, 3.05) is 0 Å². The summed E-state index contributed by atoms with van der Waals surface area (Å²) in [5, 5.41) is 0. The summed E-state index contributed by atoms with van der Waals surface area (Å²) >= 11 is -1.76. The van der Waals surface area contributed by atoms with Gasteiger partial charge in [0.15, 0.2) is 0 Å². The molecule has 0 fully saturated rings. The molecule has 0 spiro atoms. The van der Waals surface area contributed by atoms with Crippen molar-refractivity contribution in [1.29, 1.82) is 0 Å². The first kappa shape index (κ1) is 25.6. The molecule has 2 aliphatic carbocycles. The first-order chi connectivity index (χ1) is 13.4. The van der Waals surface area contributed by atoms with Crippen LogP contribution in [0.25, 0.3) is 17.2 Å². The molecule has 0 aromatic heterocycles. The van der Waals surface area contributed by atoms with Crippen LogP contribution in [0.2, 0.25) is 13.1 Å². The van der Waals surface area contributed by atoms with E-state index >= 15 is 0 Å². The minimum absolute atomic E-state index is 0. The van der Waals surface area contributed by atoms with Crippen molar-refractivity contribution < 1.29 is 20.4 Å². The van der Waals surface area contributed by atoms with Crippen molar-refractivity contribution >= 4 is 36.3 Å². The minimum Gasteiger partial charge on any atom is -0.147 e. The number of fused-ring (bicyclic) bond motifs is 1. The van der Waals surface area contributed by atoms with Gasteiger partial charge in [-0.3, -0.25) is 0 Å². The molecule has 4 rings (SSSR count). The Morgan fingerprint density at radius 1 is 0.900 bits per heavy atom. The minimum atomic E-state index is -1.76. The predicted molar refractivity (Wildman–Crippen MR) is 136 cm³/mol. The second-order valence-corrected chi connectivity index (χ2v) is 26.9. The van der Waals surface area contributed by atoms with E-state index in [0.29, 0.717) is 9.04 Å². The van der Waals surface area contributed by atoms with Crippen LogP contribution in [0.5, 0.6) is 0 Å². The second kappa shape index (κ2) is 10.3. The monoisotopic (exact) mass is 532 g/mol. The topological polar surface area (TPSA) is 0 Å². The Labute approximate surface area is 202 Å². The fourth-order valence-electron chi connectivity index (χ4n) is 4.51. The first-order valence-electron chi connectivity index (χ1n) is 10.3. The summed E-state index contributed by atoms with van der Waals surface area (Å²) in [6.45, 7) is 12.2. The zero-order chi connectivity index (χ0) is 19.9. The van der Waals surface area contributed by atoms with Crippen molar-refractivity contribution in [1.82, 2.24) is 0 Å². The van der Waals surface area contributed by atoms with E-state index in [0.717, 1.165) is 0 Å². The van der Waals surface area contributed by atoms with Gasteiger partial charge >= 0.3 is 179 Å². The zero-order valence-corrected chi connectivity index (χ0v) is 23.6. The number of rotatable bonds is 3. The number of allylic oxidation sites excluding steroid dienone is 5. The van der Waals surface area contributed by atoms with Crippen LogP contribution in [0, 0.1) is 5.41 Å². The average Bonchev–Trinajstić information content (AvgIpc) is 3.30. The van der Waals surface area contributed by atoms with Crippen LogP contribution >= 0.6 is 24.8 Å². The first-order valence-corrected chi connectivity index (χ1v) is 19.1. The maximum atomic E-state index is 2.57. The normalized spacial score (nSPS) is 16.8. The largest absolute Gasteiger partial charge is 0.147 e. The average molecular weight is 535 g/mol. The Balaban J connectivity index is 0.00000160. The van der Waals surface area contributed by atoms with Crippen LogP contribution in [0.15, 0.2) is 75.6 Å². The maximum absolute atomic E-state index is 2.57. The van der Waals surface area contributed by atoms with Crippen LogP contribution in [0.3, 0.4) is 0 Å². The SMILES string of the molecule is C[Si](C)=[Zr]([C]1=CC=C(C(C)(C)C)C1)[CH]1C=Cc2c(-c3ccccc3)cccc21.Cl.Cl. The van der Waals surface area contributed by atoms with Gasteiger partial charge in [-0.25, -0.2) is 0 Å². The maximum Gasteiger partial charge on any atom is -0.147 e. The molecule has 0 N–H and O–H groups in total. The van der Waals surface area contributed by atoms with E-state index in [-0.39, 0.29) is 30.2 Å². The molecule has 0 amide bonds. The van der Waals surface area contributed by atoms with Crippen molar-refractivity contribution in [3.8, 4) is 11.1 Å². The van der Waals surface area contributed by atoms with Gasteiger partial charge in [0.2, 0.25) is 0 Å².